The molecular weight excluding hydrogens is 288 g/mol. The van der Waals surface area contributed by atoms with E-state index < -0.39 is 10.0 Å². The first-order chi connectivity index (χ1) is 9.67. The van der Waals surface area contributed by atoms with Crippen LogP contribution in [-0.2, 0) is 14.8 Å². The summed E-state index contributed by atoms with van der Waals surface area (Å²) in [5.74, 6) is -0.324. The molecule has 0 saturated carbocycles. The van der Waals surface area contributed by atoms with Crippen LogP contribution in [0.25, 0.3) is 0 Å². The fourth-order valence-corrected chi connectivity index (χ4v) is 3.68. The minimum Gasteiger partial charge on any atom is -0.353 e. The summed E-state index contributed by atoms with van der Waals surface area (Å²) < 4.78 is 27.1. The fraction of sp³-hybridized carbons (Fsp3) is 0.533. The van der Waals surface area contributed by atoms with Gasteiger partial charge in [0.15, 0.2) is 0 Å². The number of aryl methyl sites for hydroxylation is 3. The molecule has 2 N–H and O–H groups in total. The molecule has 1 unspecified atom stereocenters. The summed E-state index contributed by atoms with van der Waals surface area (Å²) in [5.41, 5.74) is 2.38. The summed E-state index contributed by atoms with van der Waals surface area (Å²) in [6.07, 6.45) is 0.800. The van der Waals surface area contributed by atoms with Crippen LogP contribution in [0.4, 0.5) is 0 Å². The molecule has 1 amide bonds. The number of rotatable bonds is 6. The number of amides is 1. The second kappa shape index (κ2) is 7.04. The Morgan fingerprint density at radius 3 is 2.19 bits per heavy atom. The molecule has 0 aromatic heterocycles. The van der Waals surface area contributed by atoms with Crippen molar-refractivity contribution in [3.8, 4) is 0 Å². The average Bonchev–Trinajstić information content (AvgIpc) is 2.34. The van der Waals surface area contributed by atoms with Gasteiger partial charge in [-0.1, -0.05) is 24.6 Å². The van der Waals surface area contributed by atoms with Gasteiger partial charge in [0.2, 0.25) is 15.9 Å². The largest absolute Gasteiger partial charge is 0.353 e. The van der Waals surface area contributed by atoms with Crippen molar-refractivity contribution in [2.75, 3.05) is 6.54 Å². The SMILES string of the molecule is CCC(C)NC(=O)CNS(=O)(=O)c1c(C)cc(C)cc1C. The van der Waals surface area contributed by atoms with Crippen LogP contribution < -0.4 is 10.0 Å². The van der Waals surface area contributed by atoms with Gasteiger partial charge in [-0.25, -0.2) is 13.1 Å². The van der Waals surface area contributed by atoms with E-state index in [1.807, 2.05) is 32.9 Å². The van der Waals surface area contributed by atoms with Crippen LogP contribution in [0.15, 0.2) is 17.0 Å². The van der Waals surface area contributed by atoms with Crippen LogP contribution in [0.3, 0.4) is 0 Å². The zero-order valence-electron chi connectivity index (χ0n) is 13.3. The molecule has 0 aliphatic heterocycles. The normalized spacial score (nSPS) is 13.0. The lowest BCUT2D eigenvalue weighted by Gasteiger charge is -2.14. The first kappa shape index (κ1) is 17.7. The van der Waals surface area contributed by atoms with Gasteiger partial charge >= 0.3 is 0 Å². The van der Waals surface area contributed by atoms with Gasteiger partial charge in [0.1, 0.15) is 0 Å². The number of hydrogen-bond donors (Lipinski definition) is 2. The molecular formula is C15H24N2O3S. The van der Waals surface area contributed by atoms with Crippen LogP contribution in [0, 0.1) is 20.8 Å². The highest BCUT2D eigenvalue weighted by Gasteiger charge is 2.20. The maximum absolute atomic E-state index is 12.4. The molecule has 0 spiro atoms. The Balaban J connectivity index is 2.86. The van der Waals surface area contributed by atoms with Crippen LogP contribution in [0.5, 0.6) is 0 Å². The summed E-state index contributed by atoms with van der Waals surface area (Å²) in [7, 11) is -3.69. The Labute approximate surface area is 127 Å². The molecule has 0 fully saturated rings. The maximum Gasteiger partial charge on any atom is 0.241 e. The monoisotopic (exact) mass is 312 g/mol. The van der Waals surface area contributed by atoms with Crippen molar-refractivity contribution in [2.45, 2.75) is 52.0 Å². The lowest BCUT2D eigenvalue weighted by Crippen LogP contribution is -2.40. The van der Waals surface area contributed by atoms with Gasteiger partial charge < -0.3 is 5.32 Å². The first-order valence-electron chi connectivity index (χ1n) is 7.04. The topological polar surface area (TPSA) is 75.3 Å². The standard InChI is InChI=1S/C15H24N2O3S/c1-6-13(5)17-14(18)9-16-21(19,20)15-11(3)7-10(2)8-12(15)4/h7-8,13,16H,6,9H2,1-5H3,(H,17,18). The fourth-order valence-electron chi connectivity index (χ4n) is 2.25. The number of carbonyl (C=O) groups is 1. The molecule has 21 heavy (non-hydrogen) atoms. The lowest BCUT2D eigenvalue weighted by molar-refractivity contribution is -0.120. The van der Waals surface area contributed by atoms with E-state index in [0.717, 1.165) is 12.0 Å². The van der Waals surface area contributed by atoms with Gasteiger partial charge in [0, 0.05) is 6.04 Å². The van der Waals surface area contributed by atoms with Gasteiger partial charge in [-0.3, -0.25) is 4.79 Å². The van der Waals surface area contributed by atoms with Crippen molar-refractivity contribution in [1.29, 1.82) is 0 Å². The first-order valence-corrected chi connectivity index (χ1v) is 8.52. The lowest BCUT2D eigenvalue weighted by atomic mass is 10.1. The zero-order valence-corrected chi connectivity index (χ0v) is 14.1. The van der Waals surface area contributed by atoms with Crippen LogP contribution >= 0.6 is 0 Å². The predicted octanol–water partition coefficient (Wildman–Crippen LogP) is 1.80. The van der Waals surface area contributed by atoms with E-state index in [4.69, 9.17) is 0 Å². The van der Waals surface area contributed by atoms with Crippen LogP contribution in [0.2, 0.25) is 0 Å². The molecule has 5 nitrogen and oxygen atoms in total. The Kier molecular flexibility index (Phi) is 5.92. The van der Waals surface area contributed by atoms with E-state index >= 15 is 0 Å². The molecule has 1 atom stereocenters. The Morgan fingerprint density at radius 1 is 1.19 bits per heavy atom. The van der Waals surface area contributed by atoms with Gasteiger partial charge in [-0.15, -0.1) is 0 Å². The van der Waals surface area contributed by atoms with E-state index in [1.54, 1.807) is 13.8 Å². The van der Waals surface area contributed by atoms with Gasteiger partial charge in [0.05, 0.1) is 11.4 Å². The third kappa shape index (κ3) is 4.82. The van der Waals surface area contributed by atoms with E-state index in [0.29, 0.717) is 11.1 Å². The maximum atomic E-state index is 12.4. The van der Waals surface area contributed by atoms with Crippen molar-refractivity contribution >= 4 is 15.9 Å². The van der Waals surface area contributed by atoms with E-state index in [9.17, 15) is 13.2 Å². The number of sulfonamides is 1. The Bertz CT molecular complexity index is 601. The Morgan fingerprint density at radius 2 is 1.71 bits per heavy atom. The van der Waals surface area contributed by atoms with Gasteiger partial charge in [-0.05, 0) is 45.2 Å². The van der Waals surface area contributed by atoms with Gasteiger partial charge in [-0.2, -0.15) is 0 Å². The molecule has 6 heteroatoms. The quantitative estimate of drug-likeness (QED) is 0.841. The van der Waals surface area contributed by atoms with Crippen molar-refractivity contribution < 1.29 is 13.2 Å². The summed E-state index contributed by atoms with van der Waals surface area (Å²) in [6.45, 7) is 9.01. The molecule has 0 bridgehead atoms. The highest BCUT2D eigenvalue weighted by atomic mass is 32.2. The molecule has 0 radical (unpaired) electrons. The number of benzene rings is 1. The number of carbonyl (C=O) groups excluding carboxylic acids is 1. The average molecular weight is 312 g/mol. The summed E-state index contributed by atoms with van der Waals surface area (Å²) in [4.78, 5) is 11.9. The molecule has 1 aromatic carbocycles. The summed E-state index contributed by atoms with van der Waals surface area (Å²) in [6, 6.07) is 3.67. The Hall–Kier alpha value is -1.40. The van der Waals surface area contributed by atoms with Crippen molar-refractivity contribution in [2.24, 2.45) is 0 Å². The second-order valence-electron chi connectivity index (χ2n) is 5.43. The molecule has 0 aliphatic rings. The third-order valence-electron chi connectivity index (χ3n) is 3.32. The van der Waals surface area contributed by atoms with Crippen LogP contribution in [-0.4, -0.2) is 26.9 Å². The highest BCUT2D eigenvalue weighted by Crippen LogP contribution is 2.21. The number of hydrogen-bond acceptors (Lipinski definition) is 3. The number of nitrogens with one attached hydrogen (secondary N) is 2. The van der Waals surface area contributed by atoms with E-state index in [-0.39, 0.29) is 23.4 Å². The van der Waals surface area contributed by atoms with Crippen molar-refractivity contribution in [3.63, 3.8) is 0 Å². The molecule has 118 valence electrons. The van der Waals surface area contributed by atoms with Crippen LogP contribution in [0.1, 0.15) is 37.0 Å². The zero-order chi connectivity index (χ0) is 16.2. The minimum atomic E-state index is -3.69. The molecule has 1 rings (SSSR count). The molecule has 0 aliphatic carbocycles. The van der Waals surface area contributed by atoms with E-state index in [1.165, 1.54) is 0 Å². The molecule has 1 aromatic rings. The predicted molar refractivity (Wildman–Crippen MR) is 83.7 cm³/mol. The van der Waals surface area contributed by atoms with Gasteiger partial charge in [0.25, 0.3) is 0 Å². The third-order valence-corrected chi connectivity index (χ3v) is 5.02. The second-order valence-corrected chi connectivity index (χ2v) is 7.13. The van der Waals surface area contributed by atoms with E-state index in [2.05, 4.69) is 10.0 Å². The van der Waals surface area contributed by atoms with Crippen molar-refractivity contribution in [3.05, 3.63) is 28.8 Å². The summed E-state index contributed by atoms with van der Waals surface area (Å²) in [5, 5.41) is 2.73. The molecule has 0 heterocycles. The summed E-state index contributed by atoms with van der Waals surface area (Å²) >= 11 is 0. The molecule has 0 saturated heterocycles. The minimum absolute atomic E-state index is 0.0323. The highest BCUT2D eigenvalue weighted by molar-refractivity contribution is 7.89. The van der Waals surface area contributed by atoms with Crippen molar-refractivity contribution in [1.82, 2.24) is 10.0 Å². The smallest absolute Gasteiger partial charge is 0.241 e.